The minimum Gasteiger partial charge on any atom is -0.368 e. The van der Waals surface area contributed by atoms with E-state index < -0.39 is 0 Å². The molecule has 0 N–H and O–H groups in total. The number of piperazine rings is 1. The maximum Gasteiger partial charge on any atom is 0.0736 e. The van der Waals surface area contributed by atoms with Crippen LogP contribution in [-0.4, -0.2) is 43.1 Å². The van der Waals surface area contributed by atoms with E-state index in [1.165, 1.54) is 38.2 Å². The summed E-state index contributed by atoms with van der Waals surface area (Å²) in [6.45, 7) is 4.27. The third-order valence-corrected chi connectivity index (χ3v) is 6.60. The number of hydrogen-bond donors (Lipinski definition) is 0. The average Bonchev–Trinajstić information content (AvgIpc) is 2.83. The summed E-state index contributed by atoms with van der Waals surface area (Å²) in [4.78, 5) is 10.0. The average molecular weight is 404 g/mol. The lowest BCUT2D eigenvalue weighted by Crippen LogP contribution is -2.44. The molecule has 0 unspecified atom stereocenters. The molecule has 31 heavy (non-hydrogen) atoms. The number of hydrogen-bond acceptors (Lipinski definition) is 3. The molecule has 0 spiro atoms. The molecule has 152 valence electrons. The molecule has 1 saturated heterocycles. The Hall–Kier alpha value is -3.43. The molecule has 3 heteroatoms. The largest absolute Gasteiger partial charge is 0.368 e. The van der Waals surface area contributed by atoms with Gasteiger partial charge in [-0.2, -0.15) is 0 Å². The molecule has 0 radical (unpaired) electrons. The Labute approximate surface area is 182 Å². The Kier molecular flexibility index (Phi) is 4.36. The number of anilines is 1. The Morgan fingerprint density at radius 2 is 1.39 bits per heavy atom. The SMILES string of the molecule is CN1CCN(c2cc(-c3cccc4c3ccc3ccccc34)nc3ccccc23)CC1. The fraction of sp³-hybridized carbons (Fsp3) is 0.179. The van der Waals surface area contributed by atoms with Gasteiger partial charge in [-0.15, -0.1) is 0 Å². The van der Waals surface area contributed by atoms with Gasteiger partial charge in [0.2, 0.25) is 0 Å². The molecule has 0 atom stereocenters. The van der Waals surface area contributed by atoms with Crippen molar-refractivity contribution in [3.8, 4) is 11.3 Å². The summed E-state index contributed by atoms with van der Waals surface area (Å²) >= 11 is 0. The van der Waals surface area contributed by atoms with Gasteiger partial charge in [0.1, 0.15) is 0 Å². The van der Waals surface area contributed by atoms with Gasteiger partial charge in [-0.1, -0.05) is 72.8 Å². The fourth-order valence-electron chi connectivity index (χ4n) is 4.87. The highest BCUT2D eigenvalue weighted by atomic mass is 15.2. The van der Waals surface area contributed by atoms with E-state index in [0.29, 0.717) is 0 Å². The maximum absolute atomic E-state index is 5.11. The first-order chi connectivity index (χ1) is 15.3. The molecule has 0 saturated carbocycles. The summed E-state index contributed by atoms with van der Waals surface area (Å²) in [5.74, 6) is 0. The lowest BCUT2D eigenvalue weighted by atomic mass is 9.96. The minimum atomic E-state index is 1.05. The molecule has 1 aromatic heterocycles. The zero-order chi connectivity index (χ0) is 20.8. The standard InChI is InChI=1S/C28H25N3/c1-30-15-17-31(18-16-30)28-19-27(29-26-12-5-4-9-25(26)28)24-11-6-10-22-21-8-3-2-7-20(21)13-14-23(22)24/h2-14,19H,15-18H2,1H3. The second-order valence-corrected chi connectivity index (χ2v) is 8.52. The summed E-state index contributed by atoms with van der Waals surface area (Å²) in [6.07, 6.45) is 0. The van der Waals surface area contributed by atoms with Gasteiger partial charge >= 0.3 is 0 Å². The van der Waals surface area contributed by atoms with Crippen LogP contribution in [0, 0.1) is 0 Å². The summed E-state index contributed by atoms with van der Waals surface area (Å²) in [7, 11) is 2.20. The first kappa shape index (κ1) is 18.3. The fourth-order valence-corrected chi connectivity index (χ4v) is 4.87. The predicted molar refractivity (Wildman–Crippen MR) is 132 cm³/mol. The molecule has 0 amide bonds. The molecule has 1 aliphatic rings. The van der Waals surface area contributed by atoms with Crippen LogP contribution < -0.4 is 4.90 Å². The van der Waals surface area contributed by atoms with Crippen molar-refractivity contribution >= 4 is 38.1 Å². The Morgan fingerprint density at radius 1 is 0.645 bits per heavy atom. The zero-order valence-corrected chi connectivity index (χ0v) is 17.8. The highest BCUT2D eigenvalue weighted by Gasteiger charge is 2.19. The normalized spacial score (nSPS) is 15.2. The van der Waals surface area contributed by atoms with Crippen LogP contribution in [0.4, 0.5) is 5.69 Å². The number of aromatic nitrogens is 1. The molecule has 4 aromatic carbocycles. The first-order valence-corrected chi connectivity index (χ1v) is 11.0. The molecule has 3 nitrogen and oxygen atoms in total. The van der Waals surface area contributed by atoms with E-state index >= 15 is 0 Å². The second-order valence-electron chi connectivity index (χ2n) is 8.52. The van der Waals surface area contributed by atoms with Gasteiger partial charge in [0, 0.05) is 42.8 Å². The third kappa shape index (κ3) is 3.13. The lowest BCUT2D eigenvalue weighted by Gasteiger charge is -2.34. The number of likely N-dealkylation sites (N-methyl/N-ethyl adjacent to an activating group) is 1. The van der Waals surface area contributed by atoms with Crippen LogP contribution in [0.15, 0.2) is 84.9 Å². The van der Waals surface area contributed by atoms with Crippen LogP contribution in [0.2, 0.25) is 0 Å². The molecule has 1 fully saturated rings. The molecule has 6 rings (SSSR count). The Bertz CT molecular complexity index is 1410. The van der Waals surface area contributed by atoms with E-state index in [2.05, 4.69) is 102 Å². The topological polar surface area (TPSA) is 19.4 Å². The Balaban J connectivity index is 1.58. The van der Waals surface area contributed by atoms with Crippen LogP contribution in [0.25, 0.3) is 43.7 Å². The molecule has 5 aromatic rings. The lowest BCUT2D eigenvalue weighted by molar-refractivity contribution is 0.313. The van der Waals surface area contributed by atoms with Gasteiger partial charge in [-0.25, -0.2) is 4.98 Å². The quantitative estimate of drug-likeness (QED) is 0.339. The minimum absolute atomic E-state index is 1.05. The van der Waals surface area contributed by atoms with Crippen molar-refractivity contribution in [1.29, 1.82) is 0 Å². The summed E-state index contributed by atoms with van der Waals surface area (Å²) in [5.41, 5.74) is 4.61. The smallest absolute Gasteiger partial charge is 0.0736 e. The summed E-state index contributed by atoms with van der Waals surface area (Å²) in [5, 5.41) is 6.35. The van der Waals surface area contributed by atoms with Crippen molar-refractivity contribution in [1.82, 2.24) is 9.88 Å². The van der Waals surface area contributed by atoms with Crippen LogP contribution in [0.1, 0.15) is 0 Å². The summed E-state index contributed by atoms with van der Waals surface area (Å²) < 4.78 is 0. The molecule has 0 aliphatic carbocycles. The number of para-hydroxylation sites is 1. The van der Waals surface area contributed by atoms with Crippen LogP contribution in [0.3, 0.4) is 0 Å². The van der Waals surface area contributed by atoms with E-state index in [1.807, 2.05) is 0 Å². The Morgan fingerprint density at radius 3 is 2.26 bits per heavy atom. The summed E-state index contributed by atoms with van der Waals surface area (Å²) in [6, 6.07) is 30.5. The van der Waals surface area contributed by atoms with Gasteiger partial charge in [0.15, 0.2) is 0 Å². The van der Waals surface area contributed by atoms with Gasteiger partial charge in [-0.05, 0) is 40.7 Å². The van der Waals surface area contributed by atoms with Crippen molar-refractivity contribution < 1.29 is 0 Å². The highest BCUT2D eigenvalue weighted by molar-refractivity contribution is 6.12. The number of rotatable bonds is 2. The molecule has 0 bridgehead atoms. The molecule has 2 heterocycles. The van der Waals surface area contributed by atoms with E-state index in [1.54, 1.807) is 0 Å². The van der Waals surface area contributed by atoms with E-state index in [-0.39, 0.29) is 0 Å². The van der Waals surface area contributed by atoms with Crippen LogP contribution in [-0.2, 0) is 0 Å². The van der Waals surface area contributed by atoms with Crippen molar-refractivity contribution in [3.05, 3.63) is 84.9 Å². The number of fused-ring (bicyclic) bond motifs is 4. The van der Waals surface area contributed by atoms with Crippen LogP contribution in [0.5, 0.6) is 0 Å². The highest BCUT2D eigenvalue weighted by Crippen LogP contribution is 2.36. The van der Waals surface area contributed by atoms with Crippen molar-refractivity contribution in [2.24, 2.45) is 0 Å². The number of nitrogens with zero attached hydrogens (tertiary/aromatic N) is 3. The first-order valence-electron chi connectivity index (χ1n) is 11.0. The maximum atomic E-state index is 5.11. The predicted octanol–water partition coefficient (Wildman–Crippen LogP) is 5.96. The van der Waals surface area contributed by atoms with E-state index in [9.17, 15) is 0 Å². The van der Waals surface area contributed by atoms with Gasteiger partial charge in [0.25, 0.3) is 0 Å². The van der Waals surface area contributed by atoms with Gasteiger partial charge in [0.05, 0.1) is 11.2 Å². The van der Waals surface area contributed by atoms with Gasteiger partial charge < -0.3 is 9.80 Å². The molecular weight excluding hydrogens is 378 g/mol. The molecule has 1 aliphatic heterocycles. The zero-order valence-electron chi connectivity index (χ0n) is 17.8. The van der Waals surface area contributed by atoms with E-state index in [0.717, 1.165) is 37.4 Å². The second kappa shape index (κ2) is 7.36. The third-order valence-electron chi connectivity index (χ3n) is 6.60. The molecular formula is C28H25N3. The van der Waals surface area contributed by atoms with Crippen molar-refractivity contribution in [2.75, 3.05) is 38.1 Å². The van der Waals surface area contributed by atoms with Crippen molar-refractivity contribution in [2.45, 2.75) is 0 Å². The monoisotopic (exact) mass is 403 g/mol. The van der Waals surface area contributed by atoms with Crippen molar-refractivity contribution in [3.63, 3.8) is 0 Å². The van der Waals surface area contributed by atoms with Crippen LogP contribution >= 0.6 is 0 Å². The number of benzene rings is 4. The number of pyridine rings is 1. The van der Waals surface area contributed by atoms with E-state index in [4.69, 9.17) is 4.98 Å². The van der Waals surface area contributed by atoms with Gasteiger partial charge in [-0.3, -0.25) is 0 Å².